The number of carboxylic acid groups (broad SMARTS) is 1. The molecule has 4 rings (SSSR count). The van der Waals surface area contributed by atoms with Crippen molar-refractivity contribution in [3.8, 4) is 11.1 Å². The van der Waals surface area contributed by atoms with Crippen molar-refractivity contribution >= 4 is 29.7 Å². The van der Waals surface area contributed by atoms with Crippen molar-refractivity contribution in [3.05, 3.63) is 59.7 Å². The van der Waals surface area contributed by atoms with E-state index in [1.54, 1.807) is 0 Å². The van der Waals surface area contributed by atoms with E-state index in [-0.39, 0.29) is 23.8 Å². The van der Waals surface area contributed by atoms with Gasteiger partial charge in [0.1, 0.15) is 18.7 Å². The van der Waals surface area contributed by atoms with Gasteiger partial charge in [0.25, 0.3) is 0 Å². The molecule has 1 aliphatic heterocycles. The van der Waals surface area contributed by atoms with Crippen molar-refractivity contribution in [3.63, 3.8) is 0 Å². The zero-order valence-electron chi connectivity index (χ0n) is 19.4. The highest BCUT2D eigenvalue weighted by atomic mass is 32.2. The van der Waals surface area contributed by atoms with Gasteiger partial charge in [0.2, 0.25) is 5.91 Å². The molecule has 7 nitrogen and oxygen atoms in total. The summed E-state index contributed by atoms with van der Waals surface area (Å²) in [6, 6.07) is 14.5. The van der Waals surface area contributed by atoms with E-state index in [1.807, 2.05) is 50.2 Å². The van der Waals surface area contributed by atoms with Crippen LogP contribution in [-0.2, 0) is 14.3 Å². The molecule has 0 radical (unpaired) electrons. The van der Waals surface area contributed by atoms with Gasteiger partial charge >= 0.3 is 12.1 Å². The van der Waals surface area contributed by atoms with Crippen molar-refractivity contribution in [1.82, 2.24) is 10.2 Å². The number of carboxylic acids is 1. The molecule has 3 atom stereocenters. The van der Waals surface area contributed by atoms with Crippen LogP contribution in [0.5, 0.6) is 0 Å². The summed E-state index contributed by atoms with van der Waals surface area (Å²) in [7, 11) is 0. The van der Waals surface area contributed by atoms with Crippen molar-refractivity contribution in [2.45, 2.75) is 56.5 Å². The van der Waals surface area contributed by atoms with E-state index in [4.69, 9.17) is 4.74 Å². The monoisotopic (exact) mass is 482 g/mol. The van der Waals surface area contributed by atoms with Crippen molar-refractivity contribution in [1.29, 1.82) is 0 Å². The van der Waals surface area contributed by atoms with Crippen LogP contribution >= 0.6 is 11.8 Å². The number of thioether (sulfide) groups is 1. The first kappa shape index (κ1) is 24.1. The number of ether oxygens (including phenoxy) is 1. The van der Waals surface area contributed by atoms with Crippen LogP contribution < -0.4 is 5.32 Å². The molecular weight excluding hydrogens is 452 g/mol. The fraction of sp³-hybridized carbons (Fsp3) is 0.423. The summed E-state index contributed by atoms with van der Waals surface area (Å²) in [4.78, 5) is 39.1. The van der Waals surface area contributed by atoms with Crippen molar-refractivity contribution < 1.29 is 24.2 Å². The molecule has 180 valence electrons. The molecule has 0 bridgehead atoms. The van der Waals surface area contributed by atoms with Gasteiger partial charge in [-0.3, -0.25) is 4.79 Å². The van der Waals surface area contributed by atoms with Gasteiger partial charge in [0.05, 0.1) is 5.37 Å². The average molecular weight is 483 g/mol. The Morgan fingerprint density at radius 1 is 1.12 bits per heavy atom. The standard InChI is InChI=1S/C26H30N2O5S/c1-3-4-13-22(24(29)28-16(2)34-15-23(28)25(30)31)27-26(32)33-14-21-19-11-7-5-9-17(19)18-10-6-8-12-20(18)21/h5-12,16,21-23H,3-4,13-15H2,1-2H3,(H,27,32)(H,30,31)/t16?,22-,23?/m0/s1. The van der Waals surface area contributed by atoms with Gasteiger partial charge in [0, 0.05) is 11.7 Å². The number of benzene rings is 2. The lowest BCUT2D eigenvalue weighted by Crippen LogP contribution is -2.54. The molecule has 8 heteroatoms. The number of alkyl carbamates (subject to hydrolysis) is 1. The largest absolute Gasteiger partial charge is 0.480 e. The fourth-order valence-corrected chi connectivity index (χ4v) is 5.97. The van der Waals surface area contributed by atoms with Crippen LogP contribution in [0.3, 0.4) is 0 Å². The predicted molar refractivity (Wildman–Crippen MR) is 132 cm³/mol. The minimum Gasteiger partial charge on any atom is -0.480 e. The zero-order chi connectivity index (χ0) is 24.2. The molecular formula is C26H30N2O5S. The first-order valence-electron chi connectivity index (χ1n) is 11.7. The number of carbonyl (C=O) groups excluding carboxylic acids is 2. The highest BCUT2D eigenvalue weighted by Gasteiger charge is 2.42. The number of rotatable bonds is 8. The summed E-state index contributed by atoms with van der Waals surface area (Å²) in [5.41, 5.74) is 4.51. The molecule has 2 unspecified atom stereocenters. The lowest BCUT2D eigenvalue weighted by Gasteiger charge is -2.29. The van der Waals surface area contributed by atoms with Crippen LogP contribution in [0.25, 0.3) is 11.1 Å². The molecule has 34 heavy (non-hydrogen) atoms. The smallest absolute Gasteiger partial charge is 0.407 e. The average Bonchev–Trinajstić information content (AvgIpc) is 3.38. The SMILES string of the molecule is CCCC[C@H](NC(=O)OCC1c2ccccc2-c2ccccc21)C(=O)N1C(C)SCC1C(=O)O. The van der Waals surface area contributed by atoms with E-state index >= 15 is 0 Å². The maximum absolute atomic E-state index is 13.3. The maximum atomic E-state index is 13.3. The quantitative estimate of drug-likeness (QED) is 0.577. The number of hydrogen-bond acceptors (Lipinski definition) is 5. The van der Waals surface area contributed by atoms with Gasteiger partial charge in [-0.15, -0.1) is 11.8 Å². The third-order valence-electron chi connectivity index (χ3n) is 6.54. The lowest BCUT2D eigenvalue weighted by molar-refractivity contribution is -0.149. The summed E-state index contributed by atoms with van der Waals surface area (Å²) in [6.07, 6.45) is 1.35. The minimum atomic E-state index is -1.03. The predicted octanol–water partition coefficient (Wildman–Crippen LogP) is 4.46. The summed E-state index contributed by atoms with van der Waals surface area (Å²) in [6.45, 7) is 3.97. The van der Waals surface area contributed by atoms with Crippen LogP contribution in [-0.4, -0.2) is 57.8 Å². The Kier molecular flexibility index (Phi) is 7.46. The van der Waals surface area contributed by atoms with E-state index in [0.717, 1.165) is 35.1 Å². The molecule has 0 spiro atoms. The second kappa shape index (κ2) is 10.5. The molecule has 1 saturated heterocycles. The van der Waals surface area contributed by atoms with Crippen LogP contribution in [0, 0.1) is 0 Å². The third kappa shape index (κ3) is 4.78. The van der Waals surface area contributed by atoms with Gasteiger partial charge in [-0.05, 0) is 35.6 Å². The van der Waals surface area contributed by atoms with E-state index < -0.39 is 24.1 Å². The number of hydrogen-bond donors (Lipinski definition) is 2. The van der Waals surface area contributed by atoms with E-state index in [2.05, 4.69) is 17.4 Å². The van der Waals surface area contributed by atoms with Crippen molar-refractivity contribution in [2.24, 2.45) is 0 Å². The van der Waals surface area contributed by atoms with E-state index in [1.165, 1.54) is 16.7 Å². The van der Waals surface area contributed by atoms with E-state index in [9.17, 15) is 19.5 Å². The van der Waals surface area contributed by atoms with Crippen LogP contribution in [0.2, 0.25) is 0 Å². The fourth-order valence-electron chi connectivity index (χ4n) is 4.80. The Labute approximate surface area is 203 Å². The molecule has 1 aliphatic carbocycles. The van der Waals surface area contributed by atoms with Gasteiger partial charge in [-0.25, -0.2) is 9.59 Å². The molecule has 2 N–H and O–H groups in total. The number of unbranched alkanes of at least 4 members (excludes halogenated alkanes) is 1. The molecule has 0 aromatic heterocycles. The number of aliphatic carboxylic acids is 1. The molecule has 2 amide bonds. The molecule has 1 fully saturated rings. The Morgan fingerprint density at radius 3 is 2.32 bits per heavy atom. The number of fused-ring (bicyclic) bond motifs is 3. The number of nitrogens with one attached hydrogen (secondary N) is 1. The number of carbonyl (C=O) groups is 3. The Balaban J connectivity index is 1.45. The van der Waals surface area contributed by atoms with Crippen LogP contribution in [0.15, 0.2) is 48.5 Å². The Hall–Kier alpha value is -3.00. The topological polar surface area (TPSA) is 95.9 Å². The lowest BCUT2D eigenvalue weighted by atomic mass is 9.98. The normalized spacial score (nSPS) is 19.9. The summed E-state index contributed by atoms with van der Waals surface area (Å²) in [5, 5.41) is 12.0. The van der Waals surface area contributed by atoms with Crippen molar-refractivity contribution in [2.75, 3.05) is 12.4 Å². The molecule has 2 aliphatic rings. The van der Waals surface area contributed by atoms with Gasteiger partial charge in [-0.1, -0.05) is 68.3 Å². The zero-order valence-corrected chi connectivity index (χ0v) is 20.2. The van der Waals surface area contributed by atoms with E-state index in [0.29, 0.717) is 12.2 Å². The molecule has 2 aromatic rings. The molecule has 1 heterocycles. The summed E-state index contributed by atoms with van der Waals surface area (Å²) in [5.74, 6) is -1.13. The third-order valence-corrected chi connectivity index (χ3v) is 7.76. The first-order valence-corrected chi connectivity index (χ1v) is 12.7. The van der Waals surface area contributed by atoms with Gasteiger partial charge in [-0.2, -0.15) is 0 Å². The molecule has 0 saturated carbocycles. The van der Waals surface area contributed by atoms with Crippen LogP contribution in [0.4, 0.5) is 4.79 Å². The summed E-state index contributed by atoms with van der Waals surface area (Å²) >= 11 is 1.42. The molecule has 2 aromatic carbocycles. The number of nitrogens with zero attached hydrogens (tertiary/aromatic N) is 1. The Morgan fingerprint density at radius 2 is 1.74 bits per heavy atom. The maximum Gasteiger partial charge on any atom is 0.407 e. The van der Waals surface area contributed by atoms with Crippen LogP contribution in [0.1, 0.15) is 50.2 Å². The minimum absolute atomic E-state index is 0.0747. The highest BCUT2D eigenvalue weighted by molar-refractivity contribution is 8.00. The Bertz CT molecular complexity index is 1030. The van der Waals surface area contributed by atoms with Gasteiger partial charge in [0.15, 0.2) is 0 Å². The summed E-state index contributed by atoms with van der Waals surface area (Å²) < 4.78 is 5.62. The number of amides is 2. The second-order valence-corrected chi connectivity index (χ2v) is 10.0. The van der Waals surface area contributed by atoms with Gasteiger partial charge < -0.3 is 20.1 Å². The second-order valence-electron chi connectivity index (χ2n) is 8.70. The first-order chi connectivity index (χ1) is 16.4. The highest BCUT2D eigenvalue weighted by Crippen LogP contribution is 2.44.